The van der Waals surface area contributed by atoms with Crippen LogP contribution in [0.15, 0.2) is 36.5 Å². The van der Waals surface area contributed by atoms with Crippen molar-refractivity contribution < 1.29 is 15.0 Å². The van der Waals surface area contributed by atoms with E-state index in [1.807, 2.05) is 6.08 Å². The Morgan fingerprint density at radius 3 is 1.21 bits per heavy atom. The lowest BCUT2D eigenvalue weighted by molar-refractivity contribution is -0.123. The van der Waals surface area contributed by atoms with Crippen LogP contribution >= 0.6 is 0 Å². The molecule has 0 saturated carbocycles. The van der Waals surface area contributed by atoms with Gasteiger partial charge in [0.25, 0.3) is 0 Å². The molecule has 2 unspecified atom stereocenters. The van der Waals surface area contributed by atoms with E-state index in [2.05, 4.69) is 43.5 Å². The van der Waals surface area contributed by atoms with Crippen LogP contribution in [-0.4, -0.2) is 34.9 Å². The summed E-state index contributed by atoms with van der Waals surface area (Å²) in [6, 6.07) is -0.638. The van der Waals surface area contributed by atoms with E-state index in [9.17, 15) is 15.0 Å². The van der Waals surface area contributed by atoms with Crippen molar-refractivity contribution in [3.05, 3.63) is 36.5 Å². The minimum atomic E-state index is -0.864. The average Bonchev–Trinajstić information content (AvgIpc) is 3.09. The number of allylic oxidation sites excluding steroid dienone is 5. The predicted octanol–water partition coefficient (Wildman–Crippen LogP) is 13.0. The zero-order valence-corrected chi connectivity index (χ0v) is 32.3. The van der Waals surface area contributed by atoms with Crippen LogP contribution in [0.2, 0.25) is 0 Å². The van der Waals surface area contributed by atoms with Gasteiger partial charge in [0.1, 0.15) is 0 Å². The number of aliphatic hydroxyl groups is 2. The number of rotatable bonds is 38. The van der Waals surface area contributed by atoms with Gasteiger partial charge in [0, 0.05) is 6.42 Å². The molecule has 4 nitrogen and oxygen atoms in total. The number of amides is 1. The molecule has 0 aliphatic rings. The Labute approximate surface area is 300 Å². The van der Waals surface area contributed by atoms with E-state index < -0.39 is 12.1 Å². The van der Waals surface area contributed by atoms with Crippen LogP contribution in [0.3, 0.4) is 0 Å². The van der Waals surface area contributed by atoms with Gasteiger partial charge in [-0.1, -0.05) is 204 Å². The minimum absolute atomic E-state index is 0.0966. The summed E-state index contributed by atoms with van der Waals surface area (Å²) in [5.41, 5.74) is 0. The molecule has 0 fully saturated rings. The van der Waals surface area contributed by atoms with E-state index in [4.69, 9.17) is 0 Å². The molecule has 0 aliphatic heterocycles. The highest BCUT2D eigenvalue weighted by molar-refractivity contribution is 5.76. The Morgan fingerprint density at radius 2 is 0.812 bits per heavy atom. The van der Waals surface area contributed by atoms with Crippen molar-refractivity contribution >= 4 is 5.91 Å². The fourth-order valence-corrected chi connectivity index (χ4v) is 6.33. The van der Waals surface area contributed by atoms with Gasteiger partial charge in [0.05, 0.1) is 18.8 Å². The first kappa shape index (κ1) is 46.6. The predicted molar refractivity (Wildman–Crippen MR) is 212 cm³/mol. The van der Waals surface area contributed by atoms with Crippen molar-refractivity contribution in [3.63, 3.8) is 0 Å². The summed E-state index contributed by atoms with van der Waals surface area (Å²) in [5.74, 6) is -0.0966. The van der Waals surface area contributed by atoms with Crippen molar-refractivity contribution in [2.75, 3.05) is 6.61 Å². The van der Waals surface area contributed by atoms with Crippen LogP contribution in [-0.2, 0) is 4.79 Å². The van der Waals surface area contributed by atoms with Crippen LogP contribution in [0, 0.1) is 0 Å². The SMILES string of the molecule is CCCCCCCCCCCCCCCCCCCCCCCC/C=C/CC/C=C/CC/C=C/C(O)C(CO)NC(=O)CCCCCC. The Hall–Kier alpha value is -1.39. The molecule has 0 aromatic heterocycles. The highest BCUT2D eigenvalue weighted by Crippen LogP contribution is 2.15. The summed E-state index contributed by atoms with van der Waals surface area (Å²) < 4.78 is 0. The number of unbranched alkanes of at least 4 members (excludes halogenated alkanes) is 27. The number of hydrogen-bond donors (Lipinski definition) is 3. The van der Waals surface area contributed by atoms with Crippen molar-refractivity contribution in [1.82, 2.24) is 5.32 Å². The standard InChI is InChI=1S/C44H83NO3/c1-3-5-7-9-10-11-12-13-14-15-16-17-18-19-20-21-22-23-24-25-26-27-28-29-30-31-32-33-34-35-36-37-39-43(47)42(41-46)45-44(48)40-38-8-6-4-2/h29-30,33-34,37,39,42-43,46-47H,3-28,31-32,35-36,38,40-41H2,1-2H3,(H,45,48)/b30-29+,34-33+,39-37+. The van der Waals surface area contributed by atoms with Crippen LogP contribution in [0.25, 0.3) is 0 Å². The summed E-state index contributed by atoms with van der Waals surface area (Å²) in [6.07, 6.45) is 53.3. The molecule has 0 aromatic carbocycles. The molecular weight excluding hydrogens is 590 g/mol. The molecule has 0 aliphatic carbocycles. The van der Waals surface area contributed by atoms with Crippen LogP contribution in [0.5, 0.6) is 0 Å². The third kappa shape index (κ3) is 35.9. The molecule has 0 saturated heterocycles. The number of nitrogens with one attached hydrogen (secondary N) is 1. The van der Waals surface area contributed by atoms with Gasteiger partial charge in [-0.3, -0.25) is 4.79 Å². The molecule has 0 heterocycles. The van der Waals surface area contributed by atoms with Crippen LogP contribution < -0.4 is 5.32 Å². The number of carbonyl (C=O) groups is 1. The van der Waals surface area contributed by atoms with Gasteiger partial charge in [-0.05, 0) is 44.9 Å². The lowest BCUT2D eigenvalue weighted by Crippen LogP contribution is -2.45. The van der Waals surface area contributed by atoms with Gasteiger partial charge in [0.2, 0.25) is 5.91 Å². The molecular formula is C44H83NO3. The normalized spacial score (nSPS) is 13.3. The first-order chi connectivity index (χ1) is 23.7. The van der Waals surface area contributed by atoms with Crippen LogP contribution in [0.4, 0.5) is 0 Å². The van der Waals surface area contributed by atoms with Crippen LogP contribution in [0.1, 0.15) is 219 Å². The highest BCUT2D eigenvalue weighted by Gasteiger charge is 2.17. The maximum Gasteiger partial charge on any atom is 0.220 e. The molecule has 0 aromatic rings. The topological polar surface area (TPSA) is 69.6 Å². The quantitative estimate of drug-likeness (QED) is 0.0451. The fraction of sp³-hybridized carbons (Fsp3) is 0.841. The summed E-state index contributed by atoms with van der Waals surface area (Å²) in [7, 11) is 0. The smallest absolute Gasteiger partial charge is 0.220 e. The van der Waals surface area contributed by atoms with Crippen molar-refractivity contribution in [2.24, 2.45) is 0 Å². The molecule has 0 radical (unpaired) electrons. The molecule has 4 heteroatoms. The molecule has 0 spiro atoms. The molecule has 0 bridgehead atoms. The second-order valence-electron chi connectivity index (χ2n) is 14.4. The van der Waals surface area contributed by atoms with Gasteiger partial charge >= 0.3 is 0 Å². The number of carbonyl (C=O) groups excluding carboxylic acids is 1. The van der Waals surface area contributed by atoms with Gasteiger partial charge in [-0.25, -0.2) is 0 Å². The average molecular weight is 674 g/mol. The fourth-order valence-electron chi connectivity index (χ4n) is 6.33. The molecule has 0 rings (SSSR count). The third-order valence-electron chi connectivity index (χ3n) is 9.60. The lowest BCUT2D eigenvalue weighted by Gasteiger charge is -2.19. The van der Waals surface area contributed by atoms with E-state index >= 15 is 0 Å². The van der Waals surface area contributed by atoms with Gasteiger partial charge < -0.3 is 15.5 Å². The first-order valence-electron chi connectivity index (χ1n) is 21.2. The van der Waals surface area contributed by atoms with Crippen molar-refractivity contribution in [2.45, 2.75) is 231 Å². The Bertz CT molecular complexity index is 731. The number of aliphatic hydroxyl groups excluding tert-OH is 2. The summed E-state index contributed by atoms with van der Waals surface area (Å²) >= 11 is 0. The Balaban J connectivity index is 3.44. The first-order valence-corrected chi connectivity index (χ1v) is 21.2. The summed E-state index contributed by atoms with van der Waals surface area (Å²) in [5, 5.41) is 22.6. The van der Waals surface area contributed by atoms with E-state index in [-0.39, 0.29) is 12.5 Å². The van der Waals surface area contributed by atoms with Gasteiger partial charge in [-0.2, -0.15) is 0 Å². The minimum Gasteiger partial charge on any atom is -0.394 e. The maximum atomic E-state index is 12.0. The zero-order valence-electron chi connectivity index (χ0n) is 32.3. The Morgan fingerprint density at radius 1 is 0.479 bits per heavy atom. The largest absolute Gasteiger partial charge is 0.394 e. The molecule has 48 heavy (non-hydrogen) atoms. The van der Waals surface area contributed by atoms with E-state index in [1.165, 1.54) is 148 Å². The summed E-state index contributed by atoms with van der Waals surface area (Å²) in [4.78, 5) is 12.0. The number of hydrogen-bond acceptors (Lipinski definition) is 3. The van der Waals surface area contributed by atoms with Gasteiger partial charge in [0.15, 0.2) is 0 Å². The second-order valence-corrected chi connectivity index (χ2v) is 14.4. The van der Waals surface area contributed by atoms with Crippen molar-refractivity contribution in [1.29, 1.82) is 0 Å². The van der Waals surface area contributed by atoms with Gasteiger partial charge in [-0.15, -0.1) is 0 Å². The molecule has 3 N–H and O–H groups in total. The van der Waals surface area contributed by atoms with E-state index in [1.54, 1.807) is 6.08 Å². The highest BCUT2D eigenvalue weighted by atomic mass is 16.3. The second kappa shape index (κ2) is 40.0. The van der Waals surface area contributed by atoms with E-state index in [0.29, 0.717) is 6.42 Å². The zero-order chi connectivity index (χ0) is 35.0. The van der Waals surface area contributed by atoms with Crippen molar-refractivity contribution in [3.8, 4) is 0 Å². The van der Waals surface area contributed by atoms with E-state index in [0.717, 1.165) is 51.4 Å². The summed E-state index contributed by atoms with van der Waals surface area (Å²) in [6.45, 7) is 4.18. The maximum absolute atomic E-state index is 12.0. The lowest BCUT2D eigenvalue weighted by atomic mass is 10.0. The molecule has 2 atom stereocenters. The molecule has 282 valence electrons. The Kier molecular flexibility index (Phi) is 38.9. The third-order valence-corrected chi connectivity index (χ3v) is 9.60. The molecule has 1 amide bonds. The monoisotopic (exact) mass is 674 g/mol.